The highest BCUT2D eigenvalue weighted by molar-refractivity contribution is 5.69. The fraction of sp³-hybridized carbons (Fsp3) is 0.333. The lowest BCUT2D eigenvalue weighted by molar-refractivity contribution is -0.136. The second kappa shape index (κ2) is 5.87. The second-order valence-corrected chi connectivity index (χ2v) is 5.08. The molecule has 1 aromatic carbocycles. The summed E-state index contributed by atoms with van der Waals surface area (Å²) < 4.78 is 5.20. The molecular weight excluding hydrogens is 270 g/mol. The van der Waals surface area contributed by atoms with Gasteiger partial charge >= 0.3 is 5.97 Å². The van der Waals surface area contributed by atoms with Crippen LogP contribution >= 0.6 is 0 Å². The standard InChI is InChI=1S/C15H17N3O3/c19-14(20)9-12-10-21-15(17-12)16-11-3-5-13(6-4-11)18-7-1-2-8-18/h3-6,10H,1-2,7-9H2,(H,16,17)(H,19,20). The fourth-order valence-electron chi connectivity index (χ4n) is 2.45. The number of aromatic nitrogens is 1. The summed E-state index contributed by atoms with van der Waals surface area (Å²) in [7, 11) is 0. The summed E-state index contributed by atoms with van der Waals surface area (Å²) in [5.74, 6) is -0.926. The molecule has 6 nitrogen and oxygen atoms in total. The summed E-state index contributed by atoms with van der Waals surface area (Å²) in [4.78, 5) is 17.0. The first kappa shape index (κ1) is 13.5. The third kappa shape index (κ3) is 3.34. The Bertz CT molecular complexity index is 615. The molecule has 2 heterocycles. The number of rotatable bonds is 5. The number of aliphatic carboxylic acids is 1. The van der Waals surface area contributed by atoms with Gasteiger partial charge in [0.25, 0.3) is 6.01 Å². The minimum absolute atomic E-state index is 0.140. The van der Waals surface area contributed by atoms with Crippen molar-refractivity contribution >= 4 is 23.4 Å². The van der Waals surface area contributed by atoms with Crippen molar-refractivity contribution in [2.45, 2.75) is 19.3 Å². The molecule has 1 aliphatic rings. The van der Waals surface area contributed by atoms with Gasteiger partial charge in [0.2, 0.25) is 0 Å². The third-order valence-corrected chi connectivity index (χ3v) is 3.47. The molecule has 2 N–H and O–H groups in total. The molecule has 1 saturated heterocycles. The molecule has 1 aliphatic heterocycles. The van der Waals surface area contributed by atoms with Gasteiger partial charge in [0.05, 0.1) is 12.1 Å². The maximum absolute atomic E-state index is 10.6. The molecule has 1 aromatic heterocycles. The van der Waals surface area contributed by atoms with Crippen molar-refractivity contribution in [1.29, 1.82) is 0 Å². The lowest BCUT2D eigenvalue weighted by Gasteiger charge is -2.17. The predicted molar refractivity (Wildman–Crippen MR) is 79.0 cm³/mol. The minimum Gasteiger partial charge on any atom is -0.481 e. The Morgan fingerprint density at radius 1 is 1.29 bits per heavy atom. The molecule has 0 atom stereocenters. The number of carbonyl (C=O) groups is 1. The van der Waals surface area contributed by atoms with Crippen LogP contribution in [0.5, 0.6) is 0 Å². The monoisotopic (exact) mass is 287 g/mol. The average Bonchev–Trinajstić information content (AvgIpc) is 3.11. The van der Waals surface area contributed by atoms with Crippen LogP contribution in [0.4, 0.5) is 17.4 Å². The zero-order valence-electron chi connectivity index (χ0n) is 11.6. The van der Waals surface area contributed by atoms with Crippen LogP contribution in [-0.2, 0) is 11.2 Å². The summed E-state index contributed by atoms with van der Waals surface area (Å²) >= 11 is 0. The summed E-state index contributed by atoms with van der Waals surface area (Å²) in [6.07, 6.45) is 3.72. The summed E-state index contributed by atoms with van der Waals surface area (Å²) in [6, 6.07) is 8.37. The number of nitrogens with one attached hydrogen (secondary N) is 1. The third-order valence-electron chi connectivity index (χ3n) is 3.47. The van der Waals surface area contributed by atoms with Crippen LogP contribution in [0.3, 0.4) is 0 Å². The highest BCUT2D eigenvalue weighted by Gasteiger charge is 2.12. The summed E-state index contributed by atoms with van der Waals surface area (Å²) in [5, 5.41) is 11.7. The Hall–Kier alpha value is -2.50. The van der Waals surface area contributed by atoms with Gasteiger partial charge in [-0.25, -0.2) is 0 Å². The molecule has 0 unspecified atom stereocenters. The molecule has 0 spiro atoms. The Labute approximate surface area is 122 Å². The molecule has 0 saturated carbocycles. The van der Waals surface area contributed by atoms with Crippen LogP contribution < -0.4 is 10.2 Å². The van der Waals surface area contributed by atoms with E-state index in [0.29, 0.717) is 11.7 Å². The topological polar surface area (TPSA) is 78.6 Å². The largest absolute Gasteiger partial charge is 0.481 e. The number of anilines is 3. The van der Waals surface area contributed by atoms with Gasteiger partial charge in [-0.3, -0.25) is 4.79 Å². The van der Waals surface area contributed by atoms with Crippen molar-refractivity contribution in [3.8, 4) is 0 Å². The van der Waals surface area contributed by atoms with Crippen molar-refractivity contribution in [3.05, 3.63) is 36.2 Å². The van der Waals surface area contributed by atoms with E-state index in [0.717, 1.165) is 18.8 Å². The van der Waals surface area contributed by atoms with Crippen LogP contribution in [0.1, 0.15) is 18.5 Å². The van der Waals surface area contributed by atoms with Gasteiger partial charge < -0.3 is 19.7 Å². The van der Waals surface area contributed by atoms with E-state index in [2.05, 4.69) is 27.3 Å². The van der Waals surface area contributed by atoms with E-state index in [-0.39, 0.29) is 6.42 Å². The molecule has 6 heteroatoms. The number of carboxylic acid groups (broad SMARTS) is 1. The molecule has 2 aromatic rings. The van der Waals surface area contributed by atoms with E-state index in [9.17, 15) is 4.79 Å². The van der Waals surface area contributed by atoms with Crippen LogP contribution in [0, 0.1) is 0 Å². The molecule has 21 heavy (non-hydrogen) atoms. The van der Waals surface area contributed by atoms with E-state index in [1.807, 2.05) is 12.1 Å². The smallest absolute Gasteiger partial charge is 0.309 e. The summed E-state index contributed by atoms with van der Waals surface area (Å²) in [6.45, 7) is 2.23. The van der Waals surface area contributed by atoms with Crippen LogP contribution in [0.15, 0.2) is 34.9 Å². The maximum atomic E-state index is 10.6. The molecule has 0 bridgehead atoms. The molecular formula is C15H17N3O3. The Morgan fingerprint density at radius 2 is 2.00 bits per heavy atom. The van der Waals surface area contributed by atoms with Gasteiger partial charge in [0.1, 0.15) is 6.26 Å². The highest BCUT2D eigenvalue weighted by Crippen LogP contribution is 2.23. The number of hydrogen-bond donors (Lipinski definition) is 2. The maximum Gasteiger partial charge on any atom is 0.309 e. The first-order chi connectivity index (χ1) is 10.2. The molecule has 0 radical (unpaired) electrons. The van der Waals surface area contributed by atoms with Crippen molar-refractivity contribution in [1.82, 2.24) is 4.98 Å². The van der Waals surface area contributed by atoms with Crippen molar-refractivity contribution in [3.63, 3.8) is 0 Å². The van der Waals surface area contributed by atoms with Gasteiger partial charge in [0, 0.05) is 24.5 Å². The molecule has 0 aliphatic carbocycles. The van der Waals surface area contributed by atoms with Crippen molar-refractivity contribution in [2.24, 2.45) is 0 Å². The number of carboxylic acids is 1. The van der Waals surface area contributed by atoms with Crippen LogP contribution in [0.25, 0.3) is 0 Å². The van der Waals surface area contributed by atoms with E-state index in [1.54, 1.807) is 0 Å². The average molecular weight is 287 g/mol. The molecule has 1 fully saturated rings. The van der Waals surface area contributed by atoms with Crippen LogP contribution in [-0.4, -0.2) is 29.1 Å². The summed E-state index contributed by atoms with van der Waals surface area (Å²) in [5.41, 5.74) is 2.48. The molecule has 0 amide bonds. The molecule has 110 valence electrons. The van der Waals surface area contributed by atoms with Gasteiger partial charge in [-0.15, -0.1) is 0 Å². The van der Waals surface area contributed by atoms with Crippen molar-refractivity contribution in [2.75, 3.05) is 23.3 Å². The highest BCUT2D eigenvalue weighted by atomic mass is 16.4. The van der Waals surface area contributed by atoms with E-state index < -0.39 is 5.97 Å². The lowest BCUT2D eigenvalue weighted by Crippen LogP contribution is -2.17. The number of nitrogens with zero attached hydrogens (tertiary/aromatic N) is 2. The van der Waals surface area contributed by atoms with Gasteiger partial charge in [0.15, 0.2) is 0 Å². The normalized spacial score (nSPS) is 14.4. The number of benzene rings is 1. The van der Waals surface area contributed by atoms with Crippen LogP contribution in [0.2, 0.25) is 0 Å². The zero-order valence-corrected chi connectivity index (χ0v) is 11.6. The quantitative estimate of drug-likeness (QED) is 0.880. The second-order valence-electron chi connectivity index (χ2n) is 5.08. The minimum atomic E-state index is -0.926. The Kier molecular flexibility index (Phi) is 3.77. The number of hydrogen-bond acceptors (Lipinski definition) is 5. The SMILES string of the molecule is O=C(O)Cc1coc(Nc2ccc(N3CCCC3)cc2)n1. The first-order valence-corrected chi connectivity index (χ1v) is 6.99. The van der Waals surface area contributed by atoms with E-state index in [4.69, 9.17) is 9.52 Å². The fourth-order valence-corrected chi connectivity index (χ4v) is 2.45. The Morgan fingerprint density at radius 3 is 2.67 bits per heavy atom. The van der Waals surface area contributed by atoms with Gasteiger partial charge in [-0.05, 0) is 37.1 Å². The van der Waals surface area contributed by atoms with Gasteiger partial charge in [-0.1, -0.05) is 0 Å². The van der Waals surface area contributed by atoms with Crippen molar-refractivity contribution < 1.29 is 14.3 Å². The zero-order chi connectivity index (χ0) is 14.7. The Balaban J connectivity index is 1.64. The number of oxazole rings is 1. The van der Waals surface area contributed by atoms with E-state index in [1.165, 1.54) is 24.8 Å². The first-order valence-electron chi connectivity index (χ1n) is 6.99. The van der Waals surface area contributed by atoms with E-state index >= 15 is 0 Å². The lowest BCUT2D eigenvalue weighted by atomic mass is 10.2. The molecule has 3 rings (SSSR count). The van der Waals surface area contributed by atoms with Gasteiger partial charge in [-0.2, -0.15) is 4.98 Å². The predicted octanol–water partition coefficient (Wildman–Crippen LogP) is 2.65.